The summed E-state index contributed by atoms with van der Waals surface area (Å²) in [6.07, 6.45) is 3.02. The number of H-pyrrole nitrogens is 1. The van der Waals surface area contributed by atoms with Gasteiger partial charge in [0.2, 0.25) is 5.88 Å². The second-order valence-electron chi connectivity index (χ2n) is 4.12. The summed E-state index contributed by atoms with van der Waals surface area (Å²) in [7, 11) is 5.78. The smallest absolute Gasteiger partial charge is 0.213 e. The lowest BCUT2D eigenvalue weighted by molar-refractivity contribution is 0.399. The minimum atomic E-state index is 0. The summed E-state index contributed by atoms with van der Waals surface area (Å²) in [5.41, 5.74) is 3.32. The molecule has 17 heavy (non-hydrogen) atoms. The summed E-state index contributed by atoms with van der Waals surface area (Å²) in [5.74, 6) is 0.665. The molecule has 2 heterocycles. The fourth-order valence-corrected chi connectivity index (χ4v) is 1.68. The van der Waals surface area contributed by atoms with Gasteiger partial charge in [0.1, 0.15) is 0 Å². The average molecular weight is 256 g/mol. The van der Waals surface area contributed by atoms with Gasteiger partial charge in [-0.1, -0.05) is 0 Å². The third-order valence-corrected chi connectivity index (χ3v) is 2.61. The summed E-state index contributed by atoms with van der Waals surface area (Å²) in [4.78, 5) is 9.85. The molecular formula is C12H18ClN3O. The first-order chi connectivity index (χ1) is 7.70. The highest BCUT2D eigenvalue weighted by Gasteiger charge is 2.06. The van der Waals surface area contributed by atoms with Crippen molar-refractivity contribution in [2.75, 3.05) is 27.7 Å². The quantitative estimate of drug-likeness (QED) is 0.910. The molecule has 0 unspecified atom stereocenters. The summed E-state index contributed by atoms with van der Waals surface area (Å²) >= 11 is 0. The SMILES string of the molecule is COc1ccc2[nH]cc(CCN(C)C)c2n1.Cl. The van der Waals surface area contributed by atoms with Crippen LogP contribution in [0.15, 0.2) is 18.3 Å². The van der Waals surface area contributed by atoms with Gasteiger partial charge in [-0.3, -0.25) is 0 Å². The van der Waals surface area contributed by atoms with E-state index in [2.05, 4.69) is 29.0 Å². The maximum absolute atomic E-state index is 5.14. The fourth-order valence-electron chi connectivity index (χ4n) is 1.68. The Labute approximate surface area is 107 Å². The molecule has 2 aromatic heterocycles. The van der Waals surface area contributed by atoms with Gasteiger partial charge in [-0.25, -0.2) is 4.98 Å². The maximum atomic E-state index is 5.14. The Morgan fingerprint density at radius 3 is 2.76 bits per heavy atom. The molecule has 0 aliphatic carbocycles. The normalized spacial score (nSPS) is 10.6. The number of halogens is 1. The minimum absolute atomic E-state index is 0. The Kier molecular flexibility index (Phi) is 4.78. The Morgan fingerprint density at radius 1 is 1.35 bits per heavy atom. The minimum Gasteiger partial charge on any atom is -0.481 e. The molecule has 0 aromatic carbocycles. The molecule has 0 radical (unpaired) electrons. The first kappa shape index (κ1) is 13.8. The largest absolute Gasteiger partial charge is 0.481 e. The molecule has 0 atom stereocenters. The first-order valence-electron chi connectivity index (χ1n) is 5.36. The highest BCUT2D eigenvalue weighted by molar-refractivity contribution is 5.85. The van der Waals surface area contributed by atoms with Gasteiger partial charge in [0.15, 0.2) is 0 Å². The zero-order valence-electron chi connectivity index (χ0n) is 10.4. The number of hydrogen-bond acceptors (Lipinski definition) is 3. The van der Waals surface area contributed by atoms with Gasteiger partial charge in [0, 0.05) is 18.8 Å². The summed E-state index contributed by atoms with van der Waals surface area (Å²) < 4.78 is 5.14. The zero-order valence-corrected chi connectivity index (χ0v) is 11.2. The van der Waals surface area contributed by atoms with Crippen molar-refractivity contribution < 1.29 is 4.74 Å². The van der Waals surface area contributed by atoms with Gasteiger partial charge in [0.25, 0.3) is 0 Å². The van der Waals surface area contributed by atoms with Gasteiger partial charge in [-0.15, -0.1) is 12.4 Å². The molecule has 0 spiro atoms. The van der Waals surface area contributed by atoms with E-state index in [1.165, 1.54) is 5.56 Å². The lowest BCUT2D eigenvalue weighted by Crippen LogP contribution is -2.14. The van der Waals surface area contributed by atoms with Gasteiger partial charge in [-0.05, 0) is 32.1 Å². The molecule has 5 heteroatoms. The molecule has 94 valence electrons. The molecule has 4 nitrogen and oxygen atoms in total. The van der Waals surface area contributed by atoms with Gasteiger partial charge in [0.05, 0.1) is 18.1 Å². The van der Waals surface area contributed by atoms with E-state index in [-0.39, 0.29) is 12.4 Å². The molecule has 2 aromatic rings. The summed E-state index contributed by atoms with van der Waals surface area (Å²) in [6, 6.07) is 3.87. The van der Waals surface area contributed by atoms with Crippen LogP contribution in [0.2, 0.25) is 0 Å². The fraction of sp³-hybridized carbons (Fsp3) is 0.417. The van der Waals surface area contributed by atoms with Crippen LogP contribution in [-0.4, -0.2) is 42.6 Å². The van der Waals surface area contributed by atoms with Gasteiger partial charge in [-0.2, -0.15) is 0 Å². The van der Waals surface area contributed by atoms with Crippen LogP contribution in [0.1, 0.15) is 5.56 Å². The Hall–Kier alpha value is -1.26. The third kappa shape index (κ3) is 3.11. The number of fused-ring (bicyclic) bond motifs is 1. The van der Waals surface area contributed by atoms with E-state index >= 15 is 0 Å². The van der Waals surface area contributed by atoms with Crippen molar-refractivity contribution in [3.63, 3.8) is 0 Å². The Morgan fingerprint density at radius 2 is 2.12 bits per heavy atom. The molecule has 0 aliphatic rings. The second kappa shape index (κ2) is 5.89. The van der Waals surface area contributed by atoms with Crippen molar-refractivity contribution in [1.29, 1.82) is 0 Å². The third-order valence-electron chi connectivity index (χ3n) is 2.61. The molecular weight excluding hydrogens is 238 g/mol. The first-order valence-corrected chi connectivity index (χ1v) is 5.36. The maximum Gasteiger partial charge on any atom is 0.213 e. The lowest BCUT2D eigenvalue weighted by Gasteiger charge is -2.08. The van der Waals surface area contributed by atoms with Crippen molar-refractivity contribution in [3.8, 4) is 5.88 Å². The van der Waals surface area contributed by atoms with Crippen molar-refractivity contribution in [2.45, 2.75) is 6.42 Å². The van der Waals surface area contributed by atoms with Crippen LogP contribution in [0.3, 0.4) is 0 Å². The molecule has 0 fully saturated rings. The van der Waals surface area contributed by atoms with Crippen molar-refractivity contribution in [3.05, 3.63) is 23.9 Å². The summed E-state index contributed by atoms with van der Waals surface area (Å²) in [6.45, 7) is 1.02. The molecule has 0 amide bonds. The van der Waals surface area contributed by atoms with Gasteiger partial charge >= 0.3 is 0 Å². The molecule has 0 bridgehead atoms. The highest BCUT2D eigenvalue weighted by atomic mass is 35.5. The highest BCUT2D eigenvalue weighted by Crippen LogP contribution is 2.19. The van der Waals surface area contributed by atoms with Crippen molar-refractivity contribution >= 4 is 23.4 Å². The van der Waals surface area contributed by atoms with E-state index in [4.69, 9.17) is 4.74 Å². The number of likely N-dealkylation sites (N-methyl/N-ethyl adjacent to an activating group) is 1. The van der Waals surface area contributed by atoms with E-state index in [9.17, 15) is 0 Å². The van der Waals surface area contributed by atoms with Crippen molar-refractivity contribution in [2.24, 2.45) is 0 Å². The molecule has 0 saturated heterocycles. The number of ether oxygens (including phenoxy) is 1. The van der Waals surface area contributed by atoms with E-state index in [1.54, 1.807) is 7.11 Å². The number of aromatic amines is 1. The second-order valence-corrected chi connectivity index (χ2v) is 4.12. The zero-order chi connectivity index (χ0) is 11.5. The standard InChI is InChI=1S/C12H17N3O.ClH/c1-15(2)7-6-9-8-13-10-4-5-11(16-3)14-12(9)10;/h4-5,8,13H,6-7H2,1-3H3;1H. The topological polar surface area (TPSA) is 41.1 Å². The van der Waals surface area contributed by atoms with Crippen LogP contribution in [0.5, 0.6) is 5.88 Å². The van der Waals surface area contributed by atoms with E-state index in [1.807, 2.05) is 18.3 Å². The predicted octanol–water partition coefficient (Wildman–Crippen LogP) is 2.10. The molecule has 1 N–H and O–H groups in total. The summed E-state index contributed by atoms with van der Waals surface area (Å²) in [5, 5.41) is 0. The van der Waals surface area contributed by atoms with E-state index in [0.717, 1.165) is 24.0 Å². The number of hydrogen-bond donors (Lipinski definition) is 1. The van der Waals surface area contributed by atoms with E-state index in [0.29, 0.717) is 5.88 Å². The van der Waals surface area contributed by atoms with Crippen LogP contribution in [0.4, 0.5) is 0 Å². The van der Waals surface area contributed by atoms with Crippen LogP contribution in [0, 0.1) is 0 Å². The van der Waals surface area contributed by atoms with Crippen LogP contribution < -0.4 is 4.74 Å². The lowest BCUT2D eigenvalue weighted by atomic mass is 10.2. The van der Waals surface area contributed by atoms with Gasteiger partial charge < -0.3 is 14.6 Å². The number of pyridine rings is 1. The molecule has 2 rings (SSSR count). The van der Waals surface area contributed by atoms with Crippen molar-refractivity contribution in [1.82, 2.24) is 14.9 Å². The van der Waals surface area contributed by atoms with E-state index < -0.39 is 0 Å². The Bertz CT molecular complexity index is 482. The average Bonchev–Trinajstić information content (AvgIpc) is 2.68. The molecule has 0 saturated carbocycles. The number of rotatable bonds is 4. The van der Waals surface area contributed by atoms with Crippen LogP contribution in [0.25, 0.3) is 11.0 Å². The predicted molar refractivity (Wildman–Crippen MR) is 72.2 cm³/mol. The molecule has 0 aliphatic heterocycles. The van der Waals surface area contributed by atoms with Crippen LogP contribution in [-0.2, 0) is 6.42 Å². The number of nitrogens with one attached hydrogen (secondary N) is 1. The number of methoxy groups -OCH3 is 1. The number of nitrogens with zero attached hydrogens (tertiary/aromatic N) is 2. The Balaban J connectivity index is 0.00000144. The van der Waals surface area contributed by atoms with Crippen LogP contribution >= 0.6 is 12.4 Å². The monoisotopic (exact) mass is 255 g/mol. The number of aromatic nitrogens is 2.